The van der Waals surface area contributed by atoms with Gasteiger partial charge in [0, 0.05) is 25.1 Å². The maximum Gasteiger partial charge on any atom is 0.222 e. The van der Waals surface area contributed by atoms with Crippen molar-refractivity contribution in [2.24, 2.45) is 5.92 Å². The van der Waals surface area contributed by atoms with Gasteiger partial charge in [0.25, 0.3) is 0 Å². The first-order valence-corrected chi connectivity index (χ1v) is 8.18. The summed E-state index contributed by atoms with van der Waals surface area (Å²) in [5.41, 5.74) is -0.177. The van der Waals surface area contributed by atoms with E-state index in [-0.39, 0.29) is 11.5 Å². The number of hydrogen-bond donors (Lipinski definition) is 0. The van der Waals surface area contributed by atoms with Crippen LogP contribution in [0, 0.1) is 5.92 Å². The summed E-state index contributed by atoms with van der Waals surface area (Å²) in [6.07, 6.45) is 7.14. The molecule has 0 unspecified atom stereocenters. The molecule has 3 rings (SSSR count). The summed E-state index contributed by atoms with van der Waals surface area (Å²) in [4.78, 5) is 18.0. The predicted octanol–water partition coefficient (Wildman–Crippen LogP) is 2.27. The molecule has 3 heterocycles. The molecule has 2 saturated heterocycles. The molecule has 1 aromatic heterocycles. The SMILES string of the molecule is CCCCC(=O)N1CC2(C1)OCC[C@@H]2COc1cccnc1. The van der Waals surface area contributed by atoms with E-state index in [4.69, 9.17) is 9.47 Å². The van der Waals surface area contributed by atoms with E-state index in [2.05, 4.69) is 11.9 Å². The fourth-order valence-corrected chi connectivity index (χ4v) is 3.26. The zero-order valence-corrected chi connectivity index (χ0v) is 13.2. The van der Waals surface area contributed by atoms with Crippen molar-refractivity contribution in [2.75, 3.05) is 26.3 Å². The molecule has 0 radical (unpaired) electrons. The molecule has 0 bridgehead atoms. The molecule has 5 heteroatoms. The summed E-state index contributed by atoms with van der Waals surface area (Å²) in [6.45, 7) is 4.94. The number of ether oxygens (including phenoxy) is 2. The van der Waals surface area contributed by atoms with Gasteiger partial charge >= 0.3 is 0 Å². The minimum Gasteiger partial charge on any atom is -0.492 e. The van der Waals surface area contributed by atoms with Crippen molar-refractivity contribution in [1.29, 1.82) is 0 Å². The van der Waals surface area contributed by atoms with Gasteiger partial charge in [0.2, 0.25) is 5.91 Å². The van der Waals surface area contributed by atoms with Crippen LogP contribution in [0.15, 0.2) is 24.5 Å². The Hall–Kier alpha value is -1.62. The van der Waals surface area contributed by atoms with Gasteiger partial charge < -0.3 is 14.4 Å². The monoisotopic (exact) mass is 304 g/mol. The highest BCUT2D eigenvalue weighted by molar-refractivity contribution is 5.77. The molecule has 2 aliphatic rings. The van der Waals surface area contributed by atoms with Gasteiger partial charge in [0.15, 0.2) is 0 Å². The van der Waals surface area contributed by atoms with Gasteiger partial charge in [-0.15, -0.1) is 0 Å². The molecule has 2 fully saturated rings. The number of hydrogen-bond acceptors (Lipinski definition) is 4. The van der Waals surface area contributed by atoms with Gasteiger partial charge in [0.1, 0.15) is 11.4 Å². The number of carbonyl (C=O) groups is 1. The highest BCUT2D eigenvalue weighted by Crippen LogP contribution is 2.40. The summed E-state index contributed by atoms with van der Waals surface area (Å²) in [5, 5.41) is 0. The highest BCUT2D eigenvalue weighted by atomic mass is 16.5. The molecule has 0 aromatic carbocycles. The van der Waals surface area contributed by atoms with Gasteiger partial charge in [-0.3, -0.25) is 9.78 Å². The molecule has 5 nitrogen and oxygen atoms in total. The van der Waals surface area contributed by atoms with E-state index < -0.39 is 0 Å². The topological polar surface area (TPSA) is 51.7 Å². The van der Waals surface area contributed by atoms with Crippen LogP contribution in [-0.2, 0) is 9.53 Å². The van der Waals surface area contributed by atoms with E-state index in [1.54, 1.807) is 12.4 Å². The van der Waals surface area contributed by atoms with Crippen LogP contribution in [-0.4, -0.2) is 47.7 Å². The predicted molar refractivity (Wildman–Crippen MR) is 82.6 cm³/mol. The van der Waals surface area contributed by atoms with E-state index in [0.29, 0.717) is 18.9 Å². The standard InChI is InChI=1S/C17H24N2O3/c1-2-3-6-16(20)19-12-17(13-19)14(7-9-22-17)11-21-15-5-4-8-18-10-15/h4-5,8,10,14H,2-3,6-7,9,11-13H2,1H3/t14-/m1/s1. The van der Waals surface area contributed by atoms with Gasteiger partial charge in [0.05, 0.1) is 25.9 Å². The largest absolute Gasteiger partial charge is 0.492 e. The quantitative estimate of drug-likeness (QED) is 0.809. The Morgan fingerprint density at radius 1 is 1.55 bits per heavy atom. The summed E-state index contributed by atoms with van der Waals surface area (Å²) in [6, 6.07) is 3.78. The van der Waals surface area contributed by atoms with E-state index in [1.165, 1.54) is 0 Å². The van der Waals surface area contributed by atoms with Crippen molar-refractivity contribution in [3.8, 4) is 5.75 Å². The summed E-state index contributed by atoms with van der Waals surface area (Å²) >= 11 is 0. The van der Waals surface area contributed by atoms with Crippen LogP contribution in [0.1, 0.15) is 32.6 Å². The van der Waals surface area contributed by atoms with E-state index in [9.17, 15) is 4.79 Å². The third-order valence-electron chi connectivity index (χ3n) is 4.70. The van der Waals surface area contributed by atoms with Crippen molar-refractivity contribution < 1.29 is 14.3 Å². The average Bonchev–Trinajstić information content (AvgIpc) is 2.94. The number of amides is 1. The first-order chi connectivity index (χ1) is 10.7. The number of aromatic nitrogens is 1. The van der Waals surface area contributed by atoms with Crippen LogP contribution in [0.4, 0.5) is 0 Å². The number of nitrogens with zero attached hydrogens (tertiary/aromatic N) is 2. The summed E-state index contributed by atoms with van der Waals surface area (Å²) < 4.78 is 11.8. The van der Waals surface area contributed by atoms with Crippen LogP contribution in [0.2, 0.25) is 0 Å². The van der Waals surface area contributed by atoms with Crippen LogP contribution in [0.5, 0.6) is 5.75 Å². The Morgan fingerprint density at radius 2 is 2.41 bits per heavy atom. The van der Waals surface area contributed by atoms with Gasteiger partial charge in [-0.2, -0.15) is 0 Å². The highest BCUT2D eigenvalue weighted by Gasteiger charge is 2.54. The molecule has 1 spiro atoms. The molecule has 0 aliphatic carbocycles. The zero-order chi connectivity index (χ0) is 15.4. The fourth-order valence-electron chi connectivity index (χ4n) is 3.26. The Morgan fingerprint density at radius 3 is 3.14 bits per heavy atom. The van der Waals surface area contributed by atoms with Crippen molar-refractivity contribution in [1.82, 2.24) is 9.88 Å². The Kier molecular flexibility index (Phi) is 4.62. The third-order valence-corrected chi connectivity index (χ3v) is 4.70. The average molecular weight is 304 g/mol. The van der Waals surface area contributed by atoms with Crippen molar-refractivity contribution in [3.05, 3.63) is 24.5 Å². The molecule has 22 heavy (non-hydrogen) atoms. The maximum atomic E-state index is 12.0. The number of rotatable bonds is 6. The fraction of sp³-hybridized carbons (Fsp3) is 0.647. The second kappa shape index (κ2) is 6.65. The van der Waals surface area contributed by atoms with Gasteiger partial charge in [-0.1, -0.05) is 13.3 Å². The molecule has 1 amide bonds. The minimum atomic E-state index is -0.177. The zero-order valence-electron chi connectivity index (χ0n) is 13.2. The van der Waals surface area contributed by atoms with Crippen molar-refractivity contribution in [3.63, 3.8) is 0 Å². The van der Waals surface area contributed by atoms with Crippen molar-refractivity contribution >= 4 is 5.91 Å². The number of unbranched alkanes of at least 4 members (excludes halogenated alkanes) is 1. The molecule has 120 valence electrons. The Bertz CT molecular complexity index is 500. The van der Waals surface area contributed by atoms with Crippen molar-refractivity contribution in [2.45, 2.75) is 38.2 Å². The number of carbonyl (C=O) groups excluding carboxylic acids is 1. The Labute approximate surface area is 131 Å². The first-order valence-electron chi connectivity index (χ1n) is 8.18. The van der Waals surface area contributed by atoms with E-state index in [1.807, 2.05) is 17.0 Å². The van der Waals surface area contributed by atoms with Gasteiger partial charge in [-0.05, 0) is 25.0 Å². The smallest absolute Gasteiger partial charge is 0.222 e. The van der Waals surface area contributed by atoms with E-state index >= 15 is 0 Å². The normalized spacial score (nSPS) is 22.6. The molecule has 0 saturated carbocycles. The van der Waals surface area contributed by atoms with Crippen LogP contribution in [0.3, 0.4) is 0 Å². The maximum absolute atomic E-state index is 12.0. The first kappa shape index (κ1) is 15.3. The lowest BCUT2D eigenvalue weighted by atomic mass is 9.81. The molecular formula is C17H24N2O3. The lowest BCUT2D eigenvalue weighted by Crippen LogP contribution is -2.66. The molecule has 1 atom stereocenters. The number of pyridine rings is 1. The second-order valence-electron chi connectivity index (χ2n) is 6.25. The summed E-state index contributed by atoms with van der Waals surface area (Å²) in [5.74, 6) is 1.40. The minimum absolute atomic E-state index is 0.177. The molecular weight excluding hydrogens is 280 g/mol. The second-order valence-corrected chi connectivity index (χ2v) is 6.25. The van der Waals surface area contributed by atoms with Crippen LogP contribution in [0.25, 0.3) is 0 Å². The third kappa shape index (κ3) is 3.09. The molecule has 2 aliphatic heterocycles. The Balaban J connectivity index is 1.51. The number of likely N-dealkylation sites (tertiary alicyclic amines) is 1. The summed E-state index contributed by atoms with van der Waals surface area (Å²) in [7, 11) is 0. The molecule has 0 N–H and O–H groups in total. The lowest BCUT2D eigenvalue weighted by Gasteiger charge is -2.50. The van der Waals surface area contributed by atoms with Gasteiger partial charge in [-0.25, -0.2) is 0 Å². The van der Waals surface area contributed by atoms with Crippen LogP contribution < -0.4 is 4.74 Å². The lowest BCUT2D eigenvalue weighted by molar-refractivity contribution is -0.167. The molecule has 1 aromatic rings. The van der Waals surface area contributed by atoms with Crippen LogP contribution >= 0.6 is 0 Å². The van der Waals surface area contributed by atoms with E-state index in [0.717, 1.165) is 44.7 Å².